The van der Waals surface area contributed by atoms with E-state index in [9.17, 15) is 19.6 Å². The first kappa shape index (κ1) is 25.8. The van der Waals surface area contributed by atoms with Crippen molar-refractivity contribution in [2.45, 2.75) is 89.3 Å². The van der Waals surface area contributed by atoms with Crippen LogP contribution in [-0.4, -0.2) is 46.5 Å². The van der Waals surface area contributed by atoms with Gasteiger partial charge in [0, 0.05) is 0 Å². The molecule has 1 atom stereocenters. The van der Waals surface area contributed by atoms with Crippen LogP contribution in [0.4, 0.5) is 0 Å². The van der Waals surface area contributed by atoms with Crippen LogP contribution in [0.3, 0.4) is 0 Å². The molecule has 1 aliphatic rings. The van der Waals surface area contributed by atoms with Crippen molar-refractivity contribution < 1.29 is 24.3 Å². The second kappa shape index (κ2) is 12.0. The molecule has 8 nitrogen and oxygen atoms in total. The maximum atomic E-state index is 12.9. The van der Waals surface area contributed by atoms with Gasteiger partial charge in [-0.2, -0.15) is 5.48 Å². The third kappa shape index (κ3) is 7.31. The van der Waals surface area contributed by atoms with E-state index in [1.807, 2.05) is 51.1 Å². The van der Waals surface area contributed by atoms with Gasteiger partial charge in [0.15, 0.2) is 0 Å². The first-order valence-corrected chi connectivity index (χ1v) is 11.5. The lowest BCUT2D eigenvalue weighted by atomic mass is 9.81. The minimum absolute atomic E-state index is 0.128. The minimum Gasteiger partial charge on any atom is -0.486 e. The number of para-hydroxylation sites is 1. The number of amides is 2. The second-order valence-corrected chi connectivity index (χ2v) is 9.14. The van der Waals surface area contributed by atoms with E-state index in [2.05, 4.69) is 16.1 Å². The molecule has 0 unspecified atom stereocenters. The van der Waals surface area contributed by atoms with Gasteiger partial charge in [0.1, 0.15) is 16.9 Å². The molecule has 1 aromatic carbocycles. The summed E-state index contributed by atoms with van der Waals surface area (Å²) in [7, 11) is 0. The molecule has 1 aliphatic carbocycles. The molecule has 0 aliphatic heterocycles. The molecule has 1 fully saturated rings. The summed E-state index contributed by atoms with van der Waals surface area (Å²) in [6.45, 7) is 5.75. The highest BCUT2D eigenvalue weighted by Crippen LogP contribution is 2.28. The molecular weight excluding hydrogens is 410 g/mol. The third-order valence-electron chi connectivity index (χ3n) is 5.86. The fraction of sp³-hybridized carbons (Fsp3) is 0.625. The Kier molecular flexibility index (Phi) is 9.65. The molecule has 0 spiro atoms. The van der Waals surface area contributed by atoms with Crippen LogP contribution in [0.15, 0.2) is 30.3 Å². The largest absolute Gasteiger partial charge is 0.486 e. The van der Waals surface area contributed by atoms with Gasteiger partial charge in [-0.3, -0.25) is 14.4 Å². The van der Waals surface area contributed by atoms with Crippen molar-refractivity contribution in [1.82, 2.24) is 16.1 Å². The van der Waals surface area contributed by atoms with Crippen molar-refractivity contribution in [2.75, 3.05) is 6.54 Å². The highest BCUT2D eigenvalue weighted by Gasteiger charge is 2.41. The molecular formula is C24H37N3O5. The zero-order chi connectivity index (χ0) is 23.6. The van der Waals surface area contributed by atoms with Crippen molar-refractivity contribution in [2.24, 2.45) is 0 Å². The molecule has 0 aromatic heterocycles. The Morgan fingerprint density at radius 2 is 1.78 bits per heavy atom. The quantitative estimate of drug-likeness (QED) is 0.289. The van der Waals surface area contributed by atoms with E-state index in [1.54, 1.807) is 0 Å². The Labute approximate surface area is 190 Å². The van der Waals surface area contributed by atoms with E-state index < -0.39 is 34.8 Å². The zero-order valence-corrected chi connectivity index (χ0v) is 19.4. The van der Waals surface area contributed by atoms with Crippen LogP contribution < -0.4 is 20.9 Å². The smallest absolute Gasteiger partial charge is 0.289 e. The number of benzene rings is 1. The number of ketones is 1. The number of hydrogen-bond acceptors (Lipinski definition) is 6. The van der Waals surface area contributed by atoms with E-state index in [-0.39, 0.29) is 6.54 Å². The molecule has 4 N–H and O–H groups in total. The van der Waals surface area contributed by atoms with Gasteiger partial charge in [-0.05, 0) is 45.2 Å². The lowest BCUT2D eigenvalue weighted by molar-refractivity contribution is -0.142. The standard InChI is InChI=1S/C24H37N3O5/c1-4-5-14-19(26-22(30)24(27-31)15-10-7-11-16-24)20(28)21(29)25-17-23(2,3)32-18-12-8-6-9-13-18/h6,8-9,12-13,19,27,31H,4-5,7,10-11,14-17H2,1-3H3,(H,25,29)(H,26,30)/t19-/m0/s1. The van der Waals surface area contributed by atoms with Crippen molar-refractivity contribution in [3.63, 3.8) is 0 Å². The maximum Gasteiger partial charge on any atom is 0.289 e. The molecule has 0 bridgehead atoms. The fourth-order valence-electron chi connectivity index (χ4n) is 3.90. The zero-order valence-electron chi connectivity index (χ0n) is 19.4. The molecule has 0 heterocycles. The topological polar surface area (TPSA) is 117 Å². The van der Waals surface area contributed by atoms with E-state index in [1.165, 1.54) is 0 Å². The molecule has 2 rings (SSSR count). The van der Waals surface area contributed by atoms with Crippen LogP contribution in [0.25, 0.3) is 0 Å². The molecule has 1 saturated carbocycles. The van der Waals surface area contributed by atoms with Crippen LogP contribution >= 0.6 is 0 Å². The molecule has 0 radical (unpaired) electrons. The lowest BCUT2D eigenvalue weighted by Gasteiger charge is -2.35. The van der Waals surface area contributed by atoms with Crippen LogP contribution in [0.1, 0.15) is 72.1 Å². The van der Waals surface area contributed by atoms with Crippen molar-refractivity contribution >= 4 is 17.6 Å². The number of hydroxylamine groups is 1. The Morgan fingerprint density at radius 1 is 1.12 bits per heavy atom. The van der Waals surface area contributed by atoms with Crippen LogP contribution in [0.5, 0.6) is 5.75 Å². The van der Waals surface area contributed by atoms with E-state index in [4.69, 9.17) is 4.74 Å². The van der Waals surface area contributed by atoms with Gasteiger partial charge in [0.25, 0.3) is 5.91 Å². The van der Waals surface area contributed by atoms with Crippen molar-refractivity contribution in [3.8, 4) is 5.75 Å². The number of carbonyl (C=O) groups excluding carboxylic acids is 3. The summed E-state index contributed by atoms with van der Waals surface area (Å²) >= 11 is 0. The average Bonchev–Trinajstić information content (AvgIpc) is 2.80. The van der Waals surface area contributed by atoms with E-state index in [0.29, 0.717) is 31.4 Å². The third-order valence-corrected chi connectivity index (χ3v) is 5.86. The predicted octanol–water partition coefficient (Wildman–Crippen LogP) is 2.89. The molecule has 8 heteroatoms. The summed E-state index contributed by atoms with van der Waals surface area (Å²) in [4.78, 5) is 38.4. The van der Waals surface area contributed by atoms with E-state index in [0.717, 1.165) is 25.7 Å². The molecule has 1 aromatic rings. The number of hydrogen-bond donors (Lipinski definition) is 4. The normalized spacial score (nSPS) is 16.6. The van der Waals surface area contributed by atoms with Gasteiger partial charge in [0.05, 0.1) is 12.6 Å². The fourth-order valence-corrected chi connectivity index (χ4v) is 3.90. The summed E-state index contributed by atoms with van der Waals surface area (Å²) < 4.78 is 5.90. The van der Waals surface area contributed by atoms with Gasteiger partial charge < -0.3 is 20.6 Å². The van der Waals surface area contributed by atoms with Gasteiger partial charge >= 0.3 is 0 Å². The van der Waals surface area contributed by atoms with Gasteiger partial charge in [-0.15, -0.1) is 0 Å². The van der Waals surface area contributed by atoms with Crippen LogP contribution in [0.2, 0.25) is 0 Å². The number of carbonyl (C=O) groups is 3. The molecule has 2 amide bonds. The number of nitrogens with one attached hydrogen (secondary N) is 3. The average molecular weight is 448 g/mol. The van der Waals surface area contributed by atoms with Crippen molar-refractivity contribution in [1.29, 1.82) is 0 Å². The highest BCUT2D eigenvalue weighted by atomic mass is 16.5. The lowest BCUT2D eigenvalue weighted by Crippen LogP contribution is -2.60. The number of ether oxygens (including phenoxy) is 1. The first-order valence-electron chi connectivity index (χ1n) is 11.5. The second-order valence-electron chi connectivity index (χ2n) is 9.14. The Bertz CT molecular complexity index is 760. The van der Waals surface area contributed by atoms with Gasteiger partial charge in [-0.25, -0.2) is 0 Å². The van der Waals surface area contributed by atoms with Crippen molar-refractivity contribution in [3.05, 3.63) is 30.3 Å². The Balaban J connectivity index is 1.99. The summed E-state index contributed by atoms with van der Waals surface area (Å²) in [5.41, 5.74) is 0.339. The van der Waals surface area contributed by atoms with Gasteiger partial charge in [-0.1, -0.05) is 57.2 Å². The Morgan fingerprint density at radius 3 is 2.38 bits per heavy atom. The summed E-state index contributed by atoms with van der Waals surface area (Å²) in [5.74, 6) is -1.22. The number of rotatable bonds is 12. The molecule has 0 saturated heterocycles. The molecule has 178 valence electrons. The SMILES string of the molecule is CCCC[C@H](NC(=O)C1(NO)CCCCC1)C(=O)C(=O)NCC(C)(C)Oc1ccccc1. The maximum absolute atomic E-state index is 12.9. The minimum atomic E-state index is -1.11. The summed E-state index contributed by atoms with van der Waals surface area (Å²) in [5, 5.41) is 15.0. The summed E-state index contributed by atoms with van der Waals surface area (Å²) in [6.07, 6.45) is 5.46. The Hall–Kier alpha value is -2.45. The van der Waals surface area contributed by atoms with Crippen LogP contribution in [0, 0.1) is 0 Å². The van der Waals surface area contributed by atoms with E-state index >= 15 is 0 Å². The van der Waals surface area contributed by atoms with Gasteiger partial charge in [0.2, 0.25) is 11.7 Å². The number of unbranched alkanes of at least 4 members (excludes halogenated alkanes) is 1. The van der Waals surface area contributed by atoms with Crippen LogP contribution in [-0.2, 0) is 14.4 Å². The monoisotopic (exact) mass is 447 g/mol. The number of Topliss-reactive ketones (excluding diaryl/α,β-unsaturated/α-hetero) is 1. The first-order chi connectivity index (χ1) is 15.2. The predicted molar refractivity (Wildman–Crippen MR) is 121 cm³/mol. The summed E-state index contributed by atoms with van der Waals surface area (Å²) in [6, 6.07) is 8.30. The highest BCUT2D eigenvalue weighted by molar-refractivity contribution is 6.38. The molecule has 32 heavy (non-hydrogen) atoms.